The lowest BCUT2D eigenvalue weighted by Gasteiger charge is -2.07. The van der Waals surface area contributed by atoms with Crippen LogP contribution in [0.2, 0.25) is 0 Å². The zero-order valence-electron chi connectivity index (χ0n) is 11.6. The third-order valence-electron chi connectivity index (χ3n) is 3.15. The van der Waals surface area contributed by atoms with Crippen LogP contribution in [-0.4, -0.2) is 21.0 Å². The Morgan fingerprint density at radius 3 is 2.62 bits per heavy atom. The van der Waals surface area contributed by atoms with Crippen molar-refractivity contribution in [1.82, 2.24) is 15.0 Å². The first kappa shape index (κ1) is 14.1. The van der Waals surface area contributed by atoms with Gasteiger partial charge >= 0.3 is 0 Å². The molecule has 0 radical (unpaired) electrons. The van der Waals surface area contributed by atoms with Crippen molar-refractivity contribution in [3.05, 3.63) is 52.8 Å². The summed E-state index contributed by atoms with van der Waals surface area (Å²) in [5.74, 6) is 0.612. The zero-order valence-corrected chi connectivity index (χ0v) is 13.2. The summed E-state index contributed by atoms with van der Waals surface area (Å²) in [4.78, 5) is 13.5. The van der Waals surface area contributed by atoms with Crippen molar-refractivity contribution in [2.24, 2.45) is 5.73 Å². The van der Waals surface area contributed by atoms with E-state index >= 15 is 0 Å². The summed E-state index contributed by atoms with van der Waals surface area (Å²) in [6.45, 7) is 1.97. The van der Waals surface area contributed by atoms with Crippen molar-refractivity contribution in [2.75, 3.05) is 0 Å². The first-order chi connectivity index (χ1) is 10.1. The molecule has 0 fully saturated rings. The second kappa shape index (κ2) is 5.87. The van der Waals surface area contributed by atoms with Gasteiger partial charge in [-0.1, -0.05) is 18.2 Å². The number of para-hydroxylation sites is 1. The summed E-state index contributed by atoms with van der Waals surface area (Å²) < 4.78 is 0.890. The minimum Gasteiger partial charge on any atom is -0.328 e. The van der Waals surface area contributed by atoms with E-state index < -0.39 is 0 Å². The van der Waals surface area contributed by atoms with Crippen LogP contribution in [0.3, 0.4) is 0 Å². The SMILES string of the molecule is CC(N)Cc1cnc(-c2nc3ccccc3cc2Br)nc1. The monoisotopic (exact) mass is 342 g/mol. The number of rotatable bonds is 3. The van der Waals surface area contributed by atoms with E-state index in [4.69, 9.17) is 5.73 Å². The predicted octanol–water partition coefficient (Wildman–Crippen LogP) is 3.34. The lowest BCUT2D eigenvalue weighted by molar-refractivity contribution is 0.732. The van der Waals surface area contributed by atoms with E-state index in [1.165, 1.54) is 0 Å². The molecule has 0 amide bonds. The molecule has 3 aromatic rings. The van der Waals surface area contributed by atoms with E-state index in [1.54, 1.807) is 0 Å². The molecule has 1 unspecified atom stereocenters. The fraction of sp³-hybridized carbons (Fsp3) is 0.188. The van der Waals surface area contributed by atoms with Gasteiger partial charge in [-0.15, -0.1) is 0 Å². The lowest BCUT2D eigenvalue weighted by Crippen LogP contribution is -2.18. The number of nitrogens with zero attached hydrogens (tertiary/aromatic N) is 3. The van der Waals surface area contributed by atoms with E-state index in [0.717, 1.165) is 33.1 Å². The summed E-state index contributed by atoms with van der Waals surface area (Å²) in [6.07, 6.45) is 4.40. The molecular weight excluding hydrogens is 328 g/mol. The highest BCUT2D eigenvalue weighted by atomic mass is 79.9. The molecule has 4 nitrogen and oxygen atoms in total. The van der Waals surface area contributed by atoms with E-state index in [1.807, 2.05) is 49.6 Å². The Balaban J connectivity index is 2.01. The number of halogens is 1. The third-order valence-corrected chi connectivity index (χ3v) is 3.76. The minimum absolute atomic E-state index is 0.102. The lowest BCUT2D eigenvalue weighted by atomic mass is 10.1. The number of nitrogens with two attached hydrogens (primary N) is 1. The first-order valence-corrected chi connectivity index (χ1v) is 7.55. The highest BCUT2D eigenvalue weighted by Gasteiger charge is 2.10. The highest BCUT2D eigenvalue weighted by Crippen LogP contribution is 2.27. The summed E-state index contributed by atoms with van der Waals surface area (Å²) in [5.41, 5.74) is 8.50. The van der Waals surface area contributed by atoms with Gasteiger partial charge in [0, 0.05) is 28.3 Å². The number of fused-ring (bicyclic) bond motifs is 1. The van der Waals surface area contributed by atoms with Gasteiger partial charge in [-0.2, -0.15) is 0 Å². The summed E-state index contributed by atoms with van der Waals surface area (Å²) in [7, 11) is 0. The Labute approximate surface area is 131 Å². The Hall–Kier alpha value is -1.85. The molecule has 0 bridgehead atoms. The molecule has 0 saturated carbocycles. The second-order valence-electron chi connectivity index (χ2n) is 5.11. The normalized spacial score (nSPS) is 12.5. The van der Waals surface area contributed by atoms with Crippen molar-refractivity contribution in [3.8, 4) is 11.5 Å². The standard InChI is InChI=1S/C16H15BrN4/c1-10(18)6-11-8-19-16(20-9-11)15-13(17)7-12-4-2-3-5-14(12)21-15/h2-5,7-10H,6,18H2,1H3. The molecule has 1 aromatic carbocycles. The number of hydrogen-bond acceptors (Lipinski definition) is 4. The van der Waals surface area contributed by atoms with E-state index in [9.17, 15) is 0 Å². The molecule has 0 aliphatic heterocycles. The second-order valence-corrected chi connectivity index (χ2v) is 5.96. The molecule has 0 aliphatic rings. The van der Waals surface area contributed by atoms with E-state index in [0.29, 0.717) is 5.82 Å². The van der Waals surface area contributed by atoms with Gasteiger partial charge in [0.25, 0.3) is 0 Å². The molecular formula is C16H15BrN4. The van der Waals surface area contributed by atoms with Crippen LogP contribution in [0, 0.1) is 0 Å². The summed E-state index contributed by atoms with van der Waals surface area (Å²) in [6, 6.07) is 10.1. The van der Waals surface area contributed by atoms with E-state index in [-0.39, 0.29) is 6.04 Å². The summed E-state index contributed by atoms with van der Waals surface area (Å²) >= 11 is 3.55. The molecule has 3 rings (SSSR count). The maximum Gasteiger partial charge on any atom is 0.179 e. The van der Waals surface area contributed by atoms with Crippen LogP contribution in [0.1, 0.15) is 12.5 Å². The van der Waals surface area contributed by atoms with Gasteiger partial charge in [0.1, 0.15) is 5.69 Å². The number of hydrogen-bond donors (Lipinski definition) is 1. The molecule has 5 heteroatoms. The third kappa shape index (κ3) is 3.09. The maximum absolute atomic E-state index is 5.78. The van der Waals surface area contributed by atoms with E-state index in [2.05, 4.69) is 30.9 Å². The topological polar surface area (TPSA) is 64.7 Å². The van der Waals surface area contributed by atoms with Crippen molar-refractivity contribution in [3.63, 3.8) is 0 Å². The van der Waals surface area contributed by atoms with Crippen LogP contribution < -0.4 is 5.73 Å². The van der Waals surface area contributed by atoms with Gasteiger partial charge in [0.15, 0.2) is 5.82 Å². The van der Waals surface area contributed by atoms with Gasteiger partial charge in [-0.25, -0.2) is 15.0 Å². The van der Waals surface area contributed by atoms with Crippen LogP contribution >= 0.6 is 15.9 Å². The Morgan fingerprint density at radius 1 is 1.19 bits per heavy atom. The Morgan fingerprint density at radius 2 is 1.90 bits per heavy atom. The van der Waals surface area contributed by atoms with Gasteiger partial charge in [0.2, 0.25) is 0 Å². The Bertz CT molecular complexity index is 769. The molecule has 21 heavy (non-hydrogen) atoms. The molecule has 0 aliphatic carbocycles. The molecule has 2 aromatic heterocycles. The fourth-order valence-electron chi connectivity index (χ4n) is 2.20. The zero-order chi connectivity index (χ0) is 14.8. The molecule has 0 spiro atoms. The maximum atomic E-state index is 5.78. The van der Waals surface area contributed by atoms with Crippen LogP contribution in [0.25, 0.3) is 22.4 Å². The number of benzene rings is 1. The molecule has 1 atom stereocenters. The molecule has 0 saturated heterocycles. The van der Waals surface area contributed by atoms with Gasteiger partial charge < -0.3 is 5.73 Å². The number of aromatic nitrogens is 3. The Kier molecular flexibility index (Phi) is 3.94. The van der Waals surface area contributed by atoms with Gasteiger partial charge in [-0.05, 0) is 47.0 Å². The molecule has 2 N–H and O–H groups in total. The largest absolute Gasteiger partial charge is 0.328 e. The van der Waals surface area contributed by atoms with Crippen molar-refractivity contribution in [1.29, 1.82) is 0 Å². The quantitative estimate of drug-likeness (QED) is 0.792. The average Bonchev–Trinajstić information content (AvgIpc) is 2.47. The highest BCUT2D eigenvalue weighted by molar-refractivity contribution is 9.10. The smallest absolute Gasteiger partial charge is 0.179 e. The molecule has 2 heterocycles. The summed E-state index contributed by atoms with van der Waals surface area (Å²) in [5, 5.41) is 1.08. The van der Waals surface area contributed by atoms with Crippen LogP contribution in [0.15, 0.2) is 47.2 Å². The molecule has 106 valence electrons. The first-order valence-electron chi connectivity index (χ1n) is 6.75. The van der Waals surface area contributed by atoms with Gasteiger partial charge in [0.05, 0.1) is 5.52 Å². The van der Waals surface area contributed by atoms with Crippen LogP contribution in [0.4, 0.5) is 0 Å². The number of pyridine rings is 1. The fourth-order valence-corrected chi connectivity index (χ4v) is 2.71. The van der Waals surface area contributed by atoms with Crippen LogP contribution in [-0.2, 0) is 6.42 Å². The predicted molar refractivity (Wildman–Crippen MR) is 87.8 cm³/mol. The average molecular weight is 343 g/mol. The van der Waals surface area contributed by atoms with Crippen molar-refractivity contribution in [2.45, 2.75) is 19.4 Å². The van der Waals surface area contributed by atoms with Crippen LogP contribution in [0.5, 0.6) is 0 Å². The van der Waals surface area contributed by atoms with Crippen molar-refractivity contribution >= 4 is 26.8 Å². The van der Waals surface area contributed by atoms with Crippen molar-refractivity contribution < 1.29 is 0 Å². The minimum atomic E-state index is 0.102. The van der Waals surface area contributed by atoms with Gasteiger partial charge in [-0.3, -0.25) is 0 Å².